The smallest absolute Gasteiger partial charge is 0.282 e. The topological polar surface area (TPSA) is 94.1 Å². The summed E-state index contributed by atoms with van der Waals surface area (Å²) in [5.41, 5.74) is 7.25. The van der Waals surface area contributed by atoms with Crippen LogP contribution in [0, 0.1) is 23.4 Å². The number of benzene rings is 2. The lowest BCUT2D eigenvalue weighted by Gasteiger charge is -2.33. The summed E-state index contributed by atoms with van der Waals surface area (Å²) >= 11 is 0. The summed E-state index contributed by atoms with van der Waals surface area (Å²) in [6.07, 6.45) is -0.554. The van der Waals surface area contributed by atoms with Gasteiger partial charge in [-0.2, -0.15) is 5.10 Å². The van der Waals surface area contributed by atoms with Crippen LogP contribution in [0.1, 0.15) is 69.0 Å². The molecule has 13 heteroatoms. The average molecular weight is 612 g/mol. The van der Waals surface area contributed by atoms with Gasteiger partial charge in [0.2, 0.25) is 5.91 Å². The van der Waals surface area contributed by atoms with E-state index in [4.69, 9.17) is 5.73 Å². The van der Waals surface area contributed by atoms with Crippen molar-refractivity contribution < 1.29 is 31.5 Å². The summed E-state index contributed by atoms with van der Waals surface area (Å²) < 4.78 is 73.7. The fourth-order valence-electron chi connectivity index (χ4n) is 6.53. The predicted octanol–water partition coefficient (Wildman–Crippen LogP) is 5.98. The molecule has 2 amide bonds. The molecule has 1 aliphatic heterocycles. The minimum Gasteiger partial charge on any atom is -0.366 e. The lowest BCUT2D eigenvalue weighted by atomic mass is 9.94. The van der Waals surface area contributed by atoms with Gasteiger partial charge in [0.05, 0.1) is 23.0 Å². The van der Waals surface area contributed by atoms with Crippen LogP contribution in [0.2, 0.25) is 0 Å². The molecule has 3 heterocycles. The zero-order valence-corrected chi connectivity index (χ0v) is 23.3. The zero-order valence-electron chi connectivity index (χ0n) is 22.3. The first-order valence-electron chi connectivity index (χ1n) is 13.6. The van der Waals surface area contributed by atoms with Crippen molar-refractivity contribution in [3.05, 3.63) is 106 Å². The Bertz CT molecular complexity index is 1790. The van der Waals surface area contributed by atoms with Gasteiger partial charge < -0.3 is 10.4 Å². The van der Waals surface area contributed by atoms with E-state index in [1.165, 1.54) is 35.1 Å². The van der Waals surface area contributed by atoms with E-state index in [-0.39, 0.29) is 56.0 Å². The maximum absolute atomic E-state index is 14.4. The molecule has 0 bridgehead atoms. The number of hydrogen-bond acceptors (Lipinski definition) is 4. The van der Waals surface area contributed by atoms with E-state index in [0.717, 1.165) is 18.6 Å². The molecule has 220 valence electrons. The number of rotatable bonds is 7. The van der Waals surface area contributed by atoms with Gasteiger partial charge in [0, 0.05) is 29.0 Å². The molecular weight excluding hydrogens is 588 g/mol. The summed E-state index contributed by atoms with van der Waals surface area (Å²) in [6.45, 7) is -0.281. The highest BCUT2D eigenvalue weighted by Gasteiger charge is 2.58. The van der Waals surface area contributed by atoms with Gasteiger partial charge in [-0.05, 0) is 74.9 Å². The number of amides is 2. The van der Waals surface area contributed by atoms with Gasteiger partial charge in [-0.1, -0.05) is 12.1 Å². The van der Waals surface area contributed by atoms with Gasteiger partial charge in [-0.25, -0.2) is 22.0 Å². The third kappa shape index (κ3) is 4.68. The standard InChI is InChI=1S/C30H23F5N5O2P/c31-15-6-13(7-16(32)10-15)8-22(25-17(2-1-5-37-25)14-3-4-21(33)20(9-14)30(36)42)40-23(41)12-39-27-24(26(38-39)29(34)35)18-11-19(18)28(27)43-40/h1-7,9-10,18-19,22,28-29,43H,8,11-12H2,(H2,36,42)/t18-,19?,22+,28?/m1/s1. The number of nitrogens with zero attached hydrogens (tertiary/aromatic N) is 4. The molecule has 0 radical (unpaired) electrons. The van der Waals surface area contributed by atoms with Crippen LogP contribution in [0.15, 0.2) is 54.7 Å². The van der Waals surface area contributed by atoms with Gasteiger partial charge in [0.1, 0.15) is 29.7 Å². The molecule has 43 heavy (non-hydrogen) atoms. The molecule has 2 aliphatic carbocycles. The van der Waals surface area contributed by atoms with E-state index in [1.807, 2.05) is 0 Å². The molecule has 0 saturated heterocycles. The van der Waals surface area contributed by atoms with Crippen molar-refractivity contribution in [2.75, 3.05) is 0 Å². The lowest BCUT2D eigenvalue weighted by Crippen LogP contribution is -2.32. The molecule has 2 aromatic heterocycles. The molecule has 7 rings (SSSR count). The van der Waals surface area contributed by atoms with E-state index in [1.54, 1.807) is 16.8 Å². The maximum Gasteiger partial charge on any atom is 0.282 e. The Morgan fingerprint density at radius 3 is 2.56 bits per heavy atom. The largest absolute Gasteiger partial charge is 0.366 e. The number of fused-ring (bicyclic) bond motifs is 3. The Balaban J connectivity index is 1.35. The molecule has 7 nitrogen and oxygen atoms in total. The molecule has 1 fully saturated rings. The third-order valence-electron chi connectivity index (χ3n) is 8.39. The molecule has 0 spiro atoms. The van der Waals surface area contributed by atoms with Gasteiger partial charge in [0.25, 0.3) is 12.3 Å². The van der Waals surface area contributed by atoms with Crippen LogP contribution in [0.5, 0.6) is 0 Å². The summed E-state index contributed by atoms with van der Waals surface area (Å²) in [4.78, 5) is 30.4. The number of carbonyl (C=O) groups is 2. The summed E-state index contributed by atoms with van der Waals surface area (Å²) in [7, 11) is -0.180. The highest BCUT2D eigenvalue weighted by molar-refractivity contribution is 7.36. The number of pyridine rings is 1. The van der Waals surface area contributed by atoms with Crippen molar-refractivity contribution in [2.45, 2.75) is 43.4 Å². The van der Waals surface area contributed by atoms with Crippen LogP contribution in [0.4, 0.5) is 22.0 Å². The maximum atomic E-state index is 14.4. The van der Waals surface area contributed by atoms with Crippen molar-refractivity contribution in [3.8, 4) is 11.1 Å². The number of hydrogen-bond donors (Lipinski definition) is 1. The normalized spacial score (nSPS) is 21.6. The van der Waals surface area contributed by atoms with E-state index in [0.29, 0.717) is 28.1 Å². The molecule has 2 aromatic carbocycles. The Labute approximate surface area is 243 Å². The van der Waals surface area contributed by atoms with E-state index >= 15 is 0 Å². The fraction of sp³-hybridized carbons (Fsp3) is 0.267. The molecule has 5 atom stereocenters. The van der Waals surface area contributed by atoms with E-state index in [2.05, 4.69) is 10.1 Å². The molecule has 3 unspecified atom stereocenters. The second kappa shape index (κ2) is 10.2. The number of nitrogens with two attached hydrogens (primary N) is 1. The van der Waals surface area contributed by atoms with Gasteiger partial charge in [-0.3, -0.25) is 19.3 Å². The number of aromatic nitrogens is 3. The second-order valence-corrected chi connectivity index (χ2v) is 12.4. The first-order chi connectivity index (χ1) is 20.6. The second-order valence-electron chi connectivity index (χ2n) is 11.0. The Morgan fingerprint density at radius 1 is 1.07 bits per heavy atom. The lowest BCUT2D eigenvalue weighted by molar-refractivity contribution is -0.128. The van der Waals surface area contributed by atoms with Crippen molar-refractivity contribution in [2.24, 2.45) is 11.7 Å². The van der Waals surface area contributed by atoms with Crippen molar-refractivity contribution in [1.82, 2.24) is 19.4 Å². The number of primary amides is 1. The molecule has 3 aliphatic rings. The Hall–Kier alpha value is -4.18. The highest BCUT2D eigenvalue weighted by atomic mass is 31.1. The number of halogens is 5. The van der Waals surface area contributed by atoms with Crippen LogP contribution in [-0.2, 0) is 17.8 Å². The quantitative estimate of drug-likeness (QED) is 0.206. The number of alkyl halides is 2. The first-order valence-corrected chi connectivity index (χ1v) is 14.6. The summed E-state index contributed by atoms with van der Waals surface area (Å²) in [5.74, 6) is -3.69. The molecule has 1 saturated carbocycles. The first kappa shape index (κ1) is 27.6. The third-order valence-corrected chi connectivity index (χ3v) is 10.2. The van der Waals surface area contributed by atoms with Crippen LogP contribution in [0.25, 0.3) is 11.1 Å². The van der Waals surface area contributed by atoms with Gasteiger partial charge >= 0.3 is 0 Å². The SMILES string of the molecule is NC(=O)c1cc(-c2cccnc2[C@H](Cc2cc(F)cc(F)c2)N2PC3c4c(c(C(F)F)nn4CC2=O)[C@@H]2CC32)ccc1F. The fourth-order valence-corrected chi connectivity index (χ4v) is 8.43. The van der Waals surface area contributed by atoms with Crippen molar-refractivity contribution >= 4 is 20.5 Å². The minimum absolute atomic E-state index is 0.0282. The highest BCUT2D eigenvalue weighted by Crippen LogP contribution is 2.70. The zero-order chi connectivity index (χ0) is 30.2. The van der Waals surface area contributed by atoms with Crippen LogP contribution in [-0.4, -0.2) is 31.2 Å². The van der Waals surface area contributed by atoms with Gasteiger partial charge in [0.15, 0.2) is 0 Å². The van der Waals surface area contributed by atoms with E-state index in [9.17, 15) is 31.5 Å². The molecular formula is C30H23F5N5O2P. The van der Waals surface area contributed by atoms with Gasteiger partial charge in [-0.15, -0.1) is 0 Å². The average Bonchev–Trinajstić information content (AvgIpc) is 3.59. The minimum atomic E-state index is -2.75. The van der Waals surface area contributed by atoms with Crippen molar-refractivity contribution in [3.63, 3.8) is 0 Å². The van der Waals surface area contributed by atoms with Crippen LogP contribution < -0.4 is 5.73 Å². The van der Waals surface area contributed by atoms with Crippen LogP contribution >= 0.6 is 8.73 Å². The number of carbonyl (C=O) groups excluding carboxylic acids is 2. The Kier molecular flexibility index (Phi) is 6.57. The molecule has 4 aromatic rings. The molecule has 2 N–H and O–H groups in total. The van der Waals surface area contributed by atoms with E-state index < -0.39 is 41.7 Å². The monoisotopic (exact) mass is 611 g/mol. The summed E-state index contributed by atoms with van der Waals surface area (Å²) in [6, 6.07) is 9.43. The van der Waals surface area contributed by atoms with Crippen LogP contribution in [0.3, 0.4) is 0 Å². The van der Waals surface area contributed by atoms with Crippen molar-refractivity contribution in [1.29, 1.82) is 0 Å². The predicted molar refractivity (Wildman–Crippen MR) is 147 cm³/mol. The summed E-state index contributed by atoms with van der Waals surface area (Å²) in [5, 5.41) is 4.14. The Morgan fingerprint density at radius 2 is 1.84 bits per heavy atom.